The normalized spacial score (nSPS) is 12.2. The van der Waals surface area contributed by atoms with Gasteiger partial charge in [0.2, 0.25) is 0 Å². The second-order valence-electron chi connectivity index (χ2n) is 9.13. The van der Waals surface area contributed by atoms with Crippen LogP contribution in [0.25, 0.3) is 10.9 Å². The predicted molar refractivity (Wildman–Crippen MR) is 147 cm³/mol. The largest absolute Gasteiger partial charge is 0.494 e. The van der Waals surface area contributed by atoms with Gasteiger partial charge in [-0.05, 0) is 36.6 Å². The molecule has 0 aliphatic heterocycles. The molecule has 1 heterocycles. The number of aromatic nitrogens is 1. The van der Waals surface area contributed by atoms with Gasteiger partial charge in [0.05, 0.1) is 36.7 Å². The summed E-state index contributed by atoms with van der Waals surface area (Å²) in [4.78, 5) is 8.09. The van der Waals surface area contributed by atoms with Crippen molar-refractivity contribution in [2.45, 2.75) is 45.1 Å². The third kappa shape index (κ3) is 4.95. The molecule has 0 saturated carbocycles. The van der Waals surface area contributed by atoms with Crippen molar-refractivity contribution in [3.63, 3.8) is 0 Å². The van der Waals surface area contributed by atoms with Crippen molar-refractivity contribution in [2.75, 3.05) is 14.2 Å². The first kappa shape index (κ1) is 25.3. The van der Waals surface area contributed by atoms with Gasteiger partial charge in [-0.1, -0.05) is 69.2 Å². The van der Waals surface area contributed by atoms with E-state index in [1.165, 1.54) is 0 Å². The van der Waals surface area contributed by atoms with E-state index in [4.69, 9.17) is 20.2 Å². The zero-order valence-electron chi connectivity index (χ0n) is 21.5. The van der Waals surface area contributed by atoms with Crippen molar-refractivity contribution in [1.29, 1.82) is 0 Å². The van der Waals surface area contributed by atoms with Crippen molar-refractivity contribution < 1.29 is 14.6 Å². The summed E-state index contributed by atoms with van der Waals surface area (Å²) in [5, 5.41) is 11.8. The topological polar surface area (TPSA) is 92.9 Å². The minimum absolute atomic E-state index is 0.0337. The highest BCUT2D eigenvalue weighted by atomic mass is 16.5. The van der Waals surface area contributed by atoms with Gasteiger partial charge in [0.15, 0.2) is 17.4 Å². The number of H-pyrrole nitrogens is 1. The van der Waals surface area contributed by atoms with Crippen LogP contribution < -0.4 is 15.2 Å². The number of nitrogens with one attached hydrogen (secondary N) is 1. The Balaban J connectivity index is 1.86. The van der Waals surface area contributed by atoms with E-state index in [1.807, 2.05) is 54.6 Å². The van der Waals surface area contributed by atoms with Crippen molar-refractivity contribution in [3.8, 4) is 17.4 Å². The van der Waals surface area contributed by atoms with Gasteiger partial charge in [-0.3, -0.25) is 0 Å². The number of nitrogens with two attached hydrogens (primary N) is 1. The lowest BCUT2D eigenvalue weighted by Crippen LogP contribution is -2.36. The third-order valence-corrected chi connectivity index (χ3v) is 6.64. The van der Waals surface area contributed by atoms with Crippen molar-refractivity contribution in [3.05, 3.63) is 83.4 Å². The minimum Gasteiger partial charge on any atom is -0.494 e. The van der Waals surface area contributed by atoms with E-state index >= 15 is 0 Å². The predicted octanol–water partition coefficient (Wildman–Crippen LogP) is 6.81. The van der Waals surface area contributed by atoms with Crippen LogP contribution in [-0.4, -0.2) is 30.0 Å². The molecule has 0 spiro atoms. The van der Waals surface area contributed by atoms with Crippen LogP contribution in [-0.2, 0) is 5.54 Å². The highest BCUT2D eigenvalue weighted by molar-refractivity contribution is 6.22. The summed E-state index contributed by atoms with van der Waals surface area (Å²) in [7, 11) is 3.18. The Morgan fingerprint density at radius 1 is 0.917 bits per heavy atom. The van der Waals surface area contributed by atoms with Crippen LogP contribution in [0.5, 0.6) is 17.4 Å². The number of aromatic hydroxyl groups is 1. The lowest BCUT2D eigenvalue weighted by molar-refractivity contribution is 0.356. The molecule has 188 valence electrons. The van der Waals surface area contributed by atoms with Crippen LogP contribution >= 0.6 is 0 Å². The molecule has 0 atom stereocenters. The maximum atomic E-state index is 11.0. The summed E-state index contributed by atoms with van der Waals surface area (Å²) >= 11 is 0. The van der Waals surface area contributed by atoms with Crippen LogP contribution in [0.1, 0.15) is 56.2 Å². The Hall–Kier alpha value is -3.77. The fourth-order valence-corrected chi connectivity index (χ4v) is 4.91. The zero-order chi connectivity index (χ0) is 25.7. The lowest BCUT2D eigenvalue weighted by atomic mass is 9.83. The zero-order valence-corrected chi connectivity index (χ0v) is 21.5. The van der Waals surface area contributed by atoms with E-state index in [0.29, 0.717) is 22.8 Å². The van der Waals surface area contributed by atoms with Crippen molar-refractivity contribution in [1.82, 2.24) is 4.98 Å². The molecule has 6 heteroatoms. The van der Waals surface area contributed by atoms with E-state index in [0.717, 1.165) is 53.4 Å². The molecule has 0 aliphatic carbocycles. The number of nitrogens with zero attached hydrogens (tertiary/aromatic N) is 1. The van der Waals surface area contributed by atoms with Gasteiger partial charge >= 0.3 is 0 Å². The molecule has 4 N–H and O–H groups in total. The number of hydrogen-bond acceptors (Lipinski definition) is 5. The van der Waals surface area contributed by atoms with Gasteiger partial charge in [0.25, 0.3) is 0 Å². The molecule has 0 bridgehead atoms. The molecule has 0 amide bonds. The Morgan fingerprint density at radius 2 is 1.53 bits per heavy atom. The molecule has 0 saturated heterocycles. The maximum absolute atomic E-state index is 11.0. The summed E-state index contributed by atoms with van der Waals surface area (Å²) in [6.45, 7) is 4.33. The van der Waals surface area contributed by atoms with E-state index in [9.17, 15) is 5.11 Å². The van der Waals surface area contributed by atoms with Gasteiger partial charge in [-0.2, -0.15) is 0 Å². The van der Waals surface area contributed by atoms with Crippen LogP contribution in [0, 0.1) is 0 Å². The lowest BCUT2D eigenvalue weighted by Gasteiger charge is -2.29. The van der Waals surface area contributed by atoms with Crippen LogP contribution in [0.4, 0.5) is 5.69 Å². The Labute approximate surface area is 212 Å². The van der Waals surface area contributed by atoms with Crippen LogP contribution in [0.3, 0.4) is 0 Å². The molecular formula is C30H35N3O3. The molecular weight excluding hydrogens is 450 g/mol. The number of hydrogen-bond donors (Lipinski definition) is 3. The highest BCUT2D eigenvalue weighted by Crippen LogP contribution is 2.38. The number of aromatic amines is 1. The van der Waals surface area contributed by atoms with Gasteiger partial charge in [-0.25, -0.2) is 4.99 Å². The van der Waals surface area contributed by atoms with E-state index in [-0.39, 0.29) is 11.4 Å². The Morgan fingerprint density at radius 3 is 2.11 bits per heavy atom. The van der Waals surface area contributed by atoms with Crippen molar-refractivity contribution in [2.24, 2.45) is 10.7 Å². The highest BCUT2D eigenvalue weighted by Gasteiger charge is 2.25. The van der Waals surface area contributed by atoms with Gasteiger partial charge in [-0.15, -0.1) is 0 Å². The molecule has 4 rings (SSSR count). The average Bonchev–Trinajstić information content (AvgIpc) is 3.21. The summed E-state index contributed by atoms with van der Waals surface area (Å²) < 4.78 is 11.0. The standard InChI is InChI=1S/C30H35N3O3/c1-5-16-30(31,17-6-2)21-12-14-22(15-13-21)32-28(20-10-8-7-9-11-20)27-23-18-25(35-3)26(36-4)19-24(23)33-29(27)34/h7-15,18-19,33-34H,5-6,16-17,31H2,1-4H3. The Kier molecular flexibility index (Phi) is 7.65. The number of aliphatic imine (C=N–C) groups is 1. The van der Waals surface area contributed by atoms with E-state index in [2.05, 4.69) is 31.0 Å². The minimum atomic E-state index is -0.335. The quantitative estimate of drug-likeness (QED) is 0.215. The third-order valence-electron chi connectivity index (χ3n) is 6.64. The number of ether oxygens (including phenoxy) is 2. The number of rotatable bonds is 10. The number of fused-ring (bicyclic) bond motifs is 1. The second kappa shape index (κ2) is 10.9. The molecule has 1 aromatic heterocycles. The molecule has 0 fully saturated rings. The smallest absolute Gasteiger partial charge is 0.199 e. The molecule has 3 aromatic carbocycles. The Bertz CT molecular complexity index is 1340. The molecule has 36 heavy (non-hydrogen) atoms. The summed E-state index contributed by atoms with van der Waals surface area (Å²) in [6.07, 6.45) is 3.94. The number of methoxy groups -OCH3 is 2. The average molecular weight is 486 g/mol. The first-order chi connectivity index (χ1) is 17.4. The van der Waals surface area contributed by atoms with Gasteiger partial charge in [0.1, 0.15) is 0 Å². The fourth-order valence-electron chi connectivity index (χ4n) is 4.91. The maximum Gasteiger partial charge on any atom is 0.199 e. The number of benzene rings is 3. The second-order valence-corrected chi connectivity index (χ2v) is 9.13. The summed E-state index contributed by atoms with van der Waals surface area (Å²) in [5.41, 5.74) is 11.2. The van der Waals surface area contributed by atoms with Gasteiger partial charge in [0, 0.05) is 22.6 Å². The fraction of sp³-hybridized carbons (Fsp3) is 0.300. The SMILES string of the molecule is CCCC(N)(CCC)c1ccc(N=C(c2ccccc2)c2c(O)[nH]c3cc(OC)c(OC)cc23)cc1. The van der Waals surface area contributed by atoms with Crippen molar-refractivity contribution >= 4 is 22.3 Å². The van der Waals surface area contributed by atoms with E-state index in [1.54, 1.807) is 14.2 Å². The molecule has 0 aliphatic rings. The monoisotopic (exact) mass is 485 g/mol. The molecule has 0 unspecified atom stereocenters. The van der Waals surface area contributed by atoms with Crippen LogP contribution in [0.2, 0.25) is 0 Å². The van der Waals surface area contributed by atoms with Crippen LogP contribution in [0.15, 0.2) is 71.7 Å². The first-order valence-corrected chi connectivity index (χ1v) is 12.4. The molecule has 6 nitrogen and oxygen atoms in total. The van der Waals surface area contributed by atoms with Gasteiger partial charge < -0.3 is 25.3 Å². The summed E-state index contributed by atoms with van der Waals surface area (Å²) in [6, 6.07) is 21.7. The molecule has 0 radical (unpaired) electrons. The van der Waals surface area contributed by atoms with E-state index < -0.39 is 0 Å². The summed E-state index contributed by atoms with van der Waals surface area (Å²) in [5.74, 6) is 1.19. The first-order valence-electron chi connectivity index (χ1n) is 12.4. The molecule has 4 aromatic rings.